The number of likely N-dealkylation sites (tertiary alicyclic amines) is 1. The number of β-amino-alcohol motifs (C(OH)–C–C–N with tert-alkyl or cyclic N) is 1. The van der Waals surface area contributed by atoms with E-state index in [1.807, 2.05) is 0 Å². The Labute approximate surface area is 100 Å². The number of nitrogens with one attached hydrogen (secondary N) is 1. The predicted molar refractivity (Wildman–Crippen MR) is 61.0 cm³/mol. The number of amides is 2. The van der Waals surface area contributed by atoms with Crippen LogP contribution in [0, 0.1) is 0 Å². The Balaban J connectivity index is 2.04. The fraction of sp³-hybridized carbons (Fsp3) is 0.818. The van der Waals surface area contributed by atoms with Crippen LogP contribution >= 0.6 is 0 Å². The molecule has 0 spiro atoms. The van der Waals surface area contributed by atoms with Gasteiger partial charge in [0.05, 0.1) is 12.1 Å². The van der Waals surface area contributed by atoms with Gasteiger partial charge in [0.2, 0.25) is 11.8 Å². The molecule has 0 aromatic heterocycles. The van der Waals surface area contributed by atoms with Crippen LogP contribution in [-0.2, 0) is 9.59 Å². The van der Waals surface area contributed by atoms with Gasteiger partial charge in [-0.05, 0) is 19.4 Å². The molecule has 0 aromatic carbocycles. The molecule has 6 nitrogen and oxygen atoms in total. The van der Waals surface area contributed by atoms with Gasteiger partial charge in [-0.1, -0.05) is 6.42 Å². The quantitative estimate of drug-likeness (QED) is 0.552. The Morgan fingerprint density at radius 1 is 1.35 bits per heavy atom. The number of piperidine rings is 1. The summed E-state index contributed by atoms with van der Waals surface area (Å²) in [7, 11) is 0. The molecule has 0 aromatic rings. The molecule has 17 heavy (non-hydrogen) atoms. The van der Waals surface area contributed by atoms with Crippen molar-refractivity contribution in [3.8, 4) is 0 Å². The standard InChI is InChI=1S/C11H19N3O3/c12-10(16)9-5-7(15)6-14(9)11(17)8-3-1-2-4-13-8/h7-9,13,15H,1-6H2,(H2,12,16). The van der Waals surface area contributed by atoms with Crippen molar-refractivity contribution in [1.82, 2.24) is 10.2 Å². The van der Waals surface area contributed by atoms with E-state index in [0.29, 0.717) is 0 Å². The summed E-state index contributed by atoms with van der Waals surface area (Å²) in [4.78, 5) is 24.9. The number of hydrogen-bond acceptors (Lipinski definition) is 4. The van der Waals surface area contributed by atoms with Gasteiger partial charge in [-0.3, -0.25) is 9.59 Å². The summed E-state index contributed by atoms with van der Waals surface area (Å²) in [5.41, 5.74) is 5.25. The zero-order valence-corrected chi connectivity index (χ0v) is 9.76. The minimum absolute atomic E-state index is 0.106. The molecular weight excluding hydrogens is 222 g/mol. The normalized spacial score (nSPS) is 33.7. The molecule has 2 aliphatic heterocycles. The van der Waals surface area contributed by atoms with Crippen molar-refractivity contribution in [3.63, 3.8) is 0 Å². The Bertz CT molecular complexity index is 315. The number of rotatable bonds is 2. The van der Waals surface area contributed by atoms with E-state index in [1.165, 1.54) is 4.90 Å². The molecule has 2 amide bonds. The SMILES string of the molecule is NC(=O)C1CC(O)CN1C(=O)C1CCCCN1. The largest absolute Gasteiger partial charge is 0.391 e. The van der Waals surface area contributed by atoms with Crippen molar-refractivity contribution >= 4 is 11.8 Å². The molecular formula is C11H19N3O3. The van der Waals surface area contributed by atoms with E-state index in [4.69, 9.17) is 5.73 Å². The van der Waals surface area contributed by atoms with Crippen LogP contribution in [0.1, 0.15) is 25.7 Å². The maximum Gasteiger partial charge on any atom is 0.240 e. The zero-order valence-electron chi connectivity index (χ0n) is 9.76. The number of aliphatic hydroxyl groups excluding tert-OH is 1. The first-order valence-electron chi connectivity index (χ1n) is 6.11. The summed E-state index contributed by atoms with van der Waals surface area (Å²) < 4.78 is 0. The minimum Gasteiger partial charge on any atom is -0.391 e. The summed E-state index contributed by atoms with van der Waals surface area (Å²) >= 11 is 0. The Morgan fingerprint density at radius 2 is 2.12 bits per heavy atom. The molecule has 2 heterocycles. The van der Waals surface area contributed by atoms with Gasteiger partial charge in [-0.2, -0.15) is 0 Å². The summed E-state index contributed by atoms with van der Waals surface area (Å²) in [6, 6.07) is -0.878. The van der Waals surface area contributed by atoms with Crippen LogP contribution in [0.5, 0.6) is 0 Å². The van der Waals surface area contributed by atoms with E-state index in [2.05, 4.69) is 5.32 Å². The van der Waals surface area contributed by atoms with Crippen molar-refractivity contribution in [3.05, 3.63) is 0 Å². The number of primary amides is 1. The summed E-state index contributed by atoms with van der Waals surface area (Å²) in [6.07, 6.45) is 2.50. The summed E-state index contributed by atoms with van der Waals surface area (Å²) in [5.74, 6) is -0.643. The average molecular weight is 241 g/mol. The Hall–Kier alpha value is -1.14. The number of hydrogen-bond donors (Lipinski definition) is 3. The lowest BCUT2D eigenvalue weighted by molar-refractivity contribution is -0.139. The van der Waals surface area contributed by atoms with Crippen molar-refractivity contribution in [2.45, 2.75) is 43.9 Å². The molecule has 4 N–H and O–H groups in total. The molecule has 0 aliphatic carbocycles. The topological polar surface area (TPSA) is 95.7 Å². The number of aliphatic hydroxyl groups is 1. The molecule has 2 aliphatic rings. The molecule has 2 fully saturated rings. The second kappa shape index (κ2) is 5.01. The molecule has 2 rings (SSSR count). The van der Waals surface area contributed by atoms with Crippen LogP contribution in [0.2, 0.25) is 0 Å². The number of nitrogens with zero attached hydrogens (tertiary/aromatic N) is 1. The van der Waals surface area contributed by atoms with Gasteiger partial charge in [-0.15, -0.1) is 0 Å². The van der Waals surface area contributed by atoms with Gasteiger partial charge in [0.15, 0.2) is 0 Å². The third-order valence-electron chi connectivity index (χ3n) is 3.50. The molecule has 96 valence electrons. The lowest BCUT2D eigenvalue weighted by Gasteiger charge is -2.29. The monoisotopic (exact) mass is 241 g/mol. The van der Waals surface area contributed by atoms with Crippen molar-refractivity contribution < 1.29 is 14.7 Å². The second-order valence-corrected chi connectivity index (χ2v) is 4.80. The molecule has 0 saturated carbocycles. The first-order chi connectivity index (χ1) is 8.09. The summed E-state index contributed by atoms with van der Waals surface area (Å²) in [6.45, 7) is 1.04. The molecule has 6 heteroatoms. The van der Waals surface area contributed by atoms with E-state index >= 15 is 0 Å². The van der Waals surface area contributed by atoms with Crippen LogP contribution in [0.3, 0.4) is 0 Å². The molecule has 0 bridgehead atoms. The van der Waals surface area contributed by atoms with Crippen LogP contribution < -0.4 is 11.1 Å². The molecule has 0 radical (unpaired) electrons. The van der Waals surface area contributed by atoms with Crippen LogP contribution in [-0.4, -0.2) is 53.1 Å². The van der Waals surface area contributed by atoms with Crippen LogP contribution in [0.25, 0.3) is 0 Å². The van der Waals surface area contributed by atoms with Crippen molar-refractivity contribution in [2.75, 3.05) is 13.1 Å². The highest BCUT2D eigenvalue weighted by Crippen LogP contribution is 2.20. The van der Waals surface area contributed by atoms with Gasteiger partial charge in [0.25, 0.3) is 0 Å². The van der Waals surface area contributed by atoms with E-state index in [1.54, 1.807) is 0 Å². The first kappa shape index (κ1) is 12.3. The third-order valence-corrected chi connectivity index (χ3v) is 3.50. The van der Waals surface area contributed by atoms with Gasteiger partial charge >= 0.3 is 0 Å². The Kier molecular flexibility index (Phi) is 3.63. The fourth-order valence-electron chi connectivity index (χ4n) is 2.59. The van der Waals surface area contributed by atoms with E-state index in [0.717, 1.165) is 25.8 Å². The Morgan fingerprint density at radius 3 is 2.71 bits per heavy atom. The minimum atomic E-state index is -0.652. The summed E-state index contributed by atoms with van der Waals surface area (Å²) in [5, 5.41) is 12.7. The predicted octanol–water partition coefficient (Wildman–Crippen LogP) is -1.42. The highest BCUT2D eigenvalue weighted by atomic mass is 16.3. The average Bonchev–Trinajstić information content (AvgIpc) is 2.72. The molecule has 3 unspecified atom stereocenters. The van der Waals surface area contributed by atoms with E-state index < -0.39 is 18.1 Å². The fourth-order valence-corrected chi connectivity index (χ4v) is 2.59. The zero-order chi connectivity index (χ0) is 12.4. The molecule has 2 saturated heterocycles. The smallest absolute Gasteiger partial charge is 0.240 e. The van der Waals surface area contributed by atoms with Crippen molar-refractivity contribution in [2.24, 2.45) is 5.73 Å². The molecule has 3 atom stereocenters. The second-order valence-electron chi connectivity index (χ2n) is 4.80. The van der Waals surface area contributed by atoms with Gasteiger partial charge in [0.1, 0.15) is 6.04 Å². The lowest BCUT2D eigenvalue weighted by Crippen LogP contribution is -2.52. The van der Waals surface area contributed by atoms with Gasteiger partial charge < -0.3 is 21.1 Å². The van der Waals surface area contributed by atoms with Crippen molar-refractivity contribution in [1.29, 1.82) is 0 Å². The highest BCUT2D eigenvalue weighted by Gasteiger charge is 2.40. The van der Waals surface area contributed by atoms with E-state index in [-0.39, 0.29) is 24.9 Å². The van der Waals surface area contributed by atoms with Gasteiger partial charge in [0, 0.05) is 13.0 Å². The highest BCUT2D eigenvalue weighted by molar-refractivity contribution is 5.89. The lowest BCUT2D eigenvalue weighted by atomic mass is 10.0. The third kappa shape index (κ3) is 2.58. The number of carbonyl (C=O) groups excluding carboxylic acids is 2. The number of nitrogens with two attached hydrogens (primary N) is 1. The van der Waals surface area contributed by atoms with Crippen LogP contribution in [0.4, 0.5) is 0 Å². The first-order valence-corrected chi connectivity index (χ1v) is 6.11. The number of carbonyl (C=O) groups is 2. The van der Waals surface area contributed by atoms with Gasteiger partial charge in [-0.25, -0.2) is 0 Å². The van der Waals surface area contributed by atoms with Crippen LogP contribution in [0.15, 0.2) is 0 Å². The maximum absolute atomic E-state index is 12.2. The van der Waals surface area contributed by atoms with E-state index in [9.17, 15) is 14.7 Å². The maximum atomic E-state index is 12.2.